The SMILES string of the molecule is CC(CN1CCCCC1)NCc1nnc2n1CCCC2. The third-order valence-corrected chi connectivity index (χ3v) is 4.53. The maximum absolute atomic E-state index is 4.35. The molecule has 1 atom stereocenters. The smallest absolute Gasteiger partial charge is 0.147 e. The summed E-state index contributed by atoms with van der Waals surface area (Å²) in [5.41, 5.74) is 0. The van der Waals surface area contributed by atoms with Gasteiger partial charge in [-0.15, -0.1) is 10.2 Å². The van der Waals surface area contributed by atoms with Gasteiger partial charge in [0.25, 0.3) is 0 Å². The highest BCUT2D eigenvalue weighted by Gasteiger charge is 2.17. The molecule has 3 rings (SSSR count). The first-order chi connectivity index (χ1) is 9.83. The van der Waals surface area contributed by atoms with Gasteiger partial charge in [0.1, 0.15) is 11.6 Å². The monoisotopic (exact) mass is 277 g/mol. The molecule has 2 aliphatic heterocycles. The highest BCUT2D eigenvalue weighted by atomic mass is 15.3. The van der Waals surface area contributed by atoms with E-state index in [4.69, 9.17) is 0 Å². The molecule has 1 unspecified atom stereocenters. The Morgan fingerprint density at radius 2 is 1.85 bits per heavy atom. The van der Waals surface area contributed by atoms with Crippen LogP contribution in [0.3, 0.4) is 0 Å². The standard InChI is InChI=1S/C15H27N5/c1-13(12-19-8-4-2-5-9-19)16-11-15-18-17-14-7-3-6-10-20(14)15/h13,16H,2-12H2,1H3. The van der Waals surface area contributed by atoms with E-state index in [-0.39, 0.29) is 0 Å². The Morgan fingerprint density at radius 3 is 2.70 bits per heavy atom. The second-order valence-electron chi connectivity index (χ2n) is 6.28. The second-order valence-corrected chi connectivity index (χ2v) is 6.28. The van der Waals surface area contributed by atoms with Gasteiger partial charge in [0.05, 0.1) is 6.54 Å². The maximum Gasteiger partial charge on any atom is 0.147 e. The molecule has 1 aromatic heterocycles. The lowest BCUT2D eigenvalue weighted by Crippen LogP contribution is -2.41. The lowest BCUT2D eigenvalue weighted by molar-refractivity contribution is 0.208. The minimum absolute atomic E-state index is 0.518. The van der Waals surface area contributed by atoms with Crippen LogP contribution in [-0.2, 0) is 19.5 Å². The van der Waals surface area contributed by atoms with Crippen LogP contribution in [0.4, 0.5) is 0 Å². The molecule has 0 aromatic carbocycles. The van der Waals surface area contributed by atoms with Gasteiger partial charge in [-0.05, 0) is 45.7 Å². The molecule has 5 nitrogen and oxygen atoms in total. The van der Waals surface area contributed by atoms with Crippen molar-refractivity contribution in [2.75, 3.05) is 19.6 Å². The summed E-state index contributed by atoms with van der Waals surface area (Å²) in [7, 11) is 0. The first-order valence-electron chi connectivity index (χ1n) is 8.19. The van der Waals surface area contributed by atoms with E-state index in [1.165, 1.54) is 51.0 Å². The van der Waals surface area contributed by atoms with Crippen LogP contribution in [0.15, 0.2) is 0 Å². The zero-order valence-electron chi connectivity index (χ0n) is 12.6. The van der Waals surface area contributed by atoms with Gasteiger partial charge in [-0.3, -0.25) is 0 Å². The van der Waals surface area contributed by atoms with Gasteiger partial charge in [-0.2, -0.15) is 0 Å². The highest BCUT2D eigenvalue weighted by molar-refractivity contribution is 4.98. The molecule has 2 aliphatic rings. The van der Waals surface area contributed by atoms with Crippen molar-refractivity contribution in [3.8, 4) is 0 Å². The molecule has 1 N–H and O–H groups in total. The van der Waals surface area contributed by atoms with E-state index in [1.807, 2.05) is 0 Å². The molecule has 112 valence electrons. The average Bonchev–Trinajstić information content (AvgIpc) is 2.89. The largest absolute Gasteiger partial charge is 0.314 e. The number of fused-ring (bicyclic) bond motifs is 1. The lowest BCUT2D eigenvalue weighted by Gasteiger charge is -2.29. The van der Waals surface area contributed by atoms with Gasteiger partial charge in [0.15, 0.2) is 0 Å². The Kier molecular flexibility index (Phi) is 4.68. The van der Waals surface area contributed by atoms with Gasteiger partial charge >= 0.3 is 0 Å². The molecular weight excluding hydrogens is 250 g/mol. The first kappa shape index (κ1) is 14.0. The number of nitrogens with one attached hydrogen (secondary N) is 1. The lowest BCUT2D eigenvalue weighted by atomic mass is 10.1. The topological polar surface area (TPSA) is 46.0 Å². The number of hydrogen-bond acceptors (Lipinski definition) is 4. The normalized spacial score (nSPS) is 21.6. The van der Waals surface area contributed by atoms with E-state index in [0.29, 0.717) is 6.04 Å². The molecule has 3 heterocycles. The van der Waals surface area contributed by atoms with Crippen LogP contribution >= 0.6 is 0 Å². The number of aryl methyl sites for hydroxylation is 1. The molecule has 1 saturated heterocycles. The molecule has 0 bridgehead atoms. The fraction of sp³-hybridized carbons (Fsp3) is 0.867. The van der Waals surface area contributed by atoms with Crippen molar-refractivity contribution in [3.63, 3.8) is 0 Å². The van der Waals surface area contributed by atoms with Crippen molar-refractivity contribution in [1.82, 2.24) is 25.0 Å². The van der Waals surface area contributed by atoms with Crippen LogP contribution in [0.5, 0.6) is 0 Å². The predicted molar refractivity (Wildman–Crippen MR) is 79.6 cm³/mol. The van der Waals surface area contributed by atoms with Crippen LogP contribution in [0.1, 0.15) is 50.7 Å². The van der Waals surface area contributed by atoms with Gasteiger partial charge in [-0.25, -0.2) is 0 Å². The number of aromatic nitrogens is 3. The Morgan fingerprint density at radius 1 is 1.05 bits per heavy atom. The van der Waals surface area contributed by atoms with Gasteiger partial charge in [0.2, 0.25) is 0 Å². The Bertz CT molecular complexity index is 422. The fourth-order valence-electron chi connectivity index (χ4n) is 3.36. The van der Waals surface area contributed by atoms with Crippen molar-refractivity contribution >= 4 is 0 Å². The summed E-state index contributed by atoms with van der Waals surface area (Å²) >= 11 is 0. The minimum Gasteiger partial charge on any atom is -0.314 e. The second kappa shape index (κ2) is 6.68. The van der Waals surface area contributed by atoms with Gasteiger partial charge in [-0.1, -0.05) is 6.42 Å². The molecule has 0 saturated carbocycles. The molecule has 5 heteroatoms. The zero-order chi connectivity index (χ0) is 13.8. The molecule has 0 radical (unpaired) electrons. The number of piperidine rings is 1. The Labute approximate surface area is 121 Å². The van der Waals surface area contributed by atoms with E-state index in [1.54, 1.807) is 0 Å². The number of likely N-dealkylation sites (tertiary alicyclic amines) is 1. The molecule has 1 aromatic rings. The van der Waals surface area contributed by atoms with Crippen LogP contribution in [0, 0.1) is 0 Å². The Balaban J connectivity index is 1.47. The van der Waals surface area contributed by atoms with Crippen molar-refractivity contribution in [1.29, 1.82) is 0 Å². The summed E-state index contributed by atoms with van der Waals surface area (Å²) in [6.07, 6.45) is 7.76. The summed E-state index contributed by atoms with van der Waals surface area (Å²) in [4.78, 5) is 2.58. The van der Waals surface area contributed by atoms with Crippen molar-refractivity contribution < 1.29 is 0 Å². The van der Waals surface area contributed by atoms with Crippen molar-refractivity contribution in [2.45, 2.75) is 64.6 Å². The third kappa shape index (κ3) is 3.38. The van der Waals surface area contributed by atoms with Gasteiger partial charge in [0, 0.05) is 25.6 Å². The Hall–Kier alpha value is -0.940. The number of rotatable bonds is 5. The van der Waals surface area contributed by atoms with Crippen molar-refractivity contribution in [3.05, 3.63) is 11.6 Å². The van der Waals surface area contributed by atoms with E-state index < -0.39 is 0 Å². The fourth-order valence-corrected chi connectivity index (χ4v) is 3.36. The predicted octanol–water partition coefficient (Wildman–Crippen LogP) is 1.58. The van der Waals surface area contributed by atoms with Crippen LogP contribution in [-0.4, -0.2) is 45.3 Å². The highest BCUT2D eigenvalue weighted by Crippen LogP contribution is 2.14. The number of hydrogen-bond donors (Lipinski definition) is 1. The van der Waals surface area contributed by atoms with E-state index in [9.17, 15) is 0 Å². The molecular formula is C15H27N5. The summed E-state index contributed by atoms with van der Waals surface area (Å²) < 4.78 is 2.31. The minimum atomic E-state index is 0.518. The summed E-state index contributed by atoms with van der Waals surface area (Å²) in [6, 6.07) is 0.518. The van der Waals surface area contributed by atoms with E-state index >= 15 is 0 Å². The van der Waals surface area contributed by atoms with Gasteiger partial charge < -0.3 is 14.8 Å². The molecule has 0 spiro atoms. The average molecular weight is 277 g/mol. The molecule has 1 fully saturated rings. The summed E-state index contributed by atoms with van der Waals surface area (Å²) in [5, 5.41) is 12.3. The molecule has 20 heavy (non-hydrogen) atoms. The van der Waals surface area contributed by atoms with Crippen LogP contribution < -0.4 is 5.32 Å². The maximum atomic E-state index is 4.35. The molecule has 0 amide bonds. The summed E-state index contributed by atoms with van der Waals surface area (Å²) in [6.45, 7) is 7.92. The zero-order valence-corrected chi connectivity index (χ0v) is 12.6. The van der Waals surface area contributed by atoms with E-state index in [0.717, 1.165) is 31.9 Å². The van der Waals surface area contributed by atoms with E-state index in [2.05, 4.69) is 31.9 Å². The summed E-state index contributed by atoms with van der Waals surface area (Å²) in [5.74, 6) is 2.29. The van der Waals surface area contributed by atoms with Crippen molar-refractivity contribution in [2.24, 2.45) is 0 Å². The number of nitrogens with zero attached hydrogens (tertiary/aromatic N) is 4. The van der Waals surface area contributed by atoms with Crippen LogP contribution in [0.2, 0.25) is 0 Å². The third-order valence-electron chi connectivity index (χ3n) is 4.53. The molecule has 0 aliphatic carbocycles. The van der Waals surface area contributed by atoms with Crippen LogP contribution in [0.25, 0.3) is 0 Å². The quantitative estimate of drug-likeness (QED) is 0.887. The first-order valence-corrected chi connectivity index (χ1v) is 8.19.